The summed E-state index contributed by atoms with van der Waals surface area (Å²) >= 11 is 0. The smallest absolute Gasteiger partial charge is 0.240 e. The van der Waals surface area contributed by atoms with Crippen molar-refractivity contribution in [2.75, 3.05) is 0 Å². The summed E-state index contributed by atoms with van der Waals surface area (Å²) in [5.41, 5.74) is 2.67. The normalized spacial score (nSPS) is 11.8. The Balaban J connectivity index is 1.66. The van der Waals surface area contributed by atoms with E-state index in [0.29, 0.717) is 5.56 Å². The zero-order valence-corrected chi connectivity index (χ0v) is 15.3. The maximum atomic E-state index is 12.5. The van der Waals surface area contributed by atoms with E-state index in [4.69, 9.17) is 0 Å². The Hall–Kier alpha value is -3.35. The number of nitrogens with one attached hydrogen (secondary N) is 1. The third-order valence-electron chi connectivity index (χ3n) is 4.32. The molecule has 0 aliphatic carbocycles. The molecule has 1 N–H and O–H groups in total. The molecule has 7 nitrogen and oxygen atoms in total. The van der Waals surface area contributed by atoms with E-state index in [-0.39, 0.29) is 30.1 Å². The Kier molecular flexibility index (Phi) is 5.71. The van der Waals surface area contributed by atoms with Crippen LogP contribution in [-0.4, -0.2) is 31.4 Å². The van der Waals surface area contributed by atoms with Crippen LogP contribution in [0.5, 0.6) is 0 Å². The number of carbonyl (C=O) groups is 2. The zero-order chi connectivity index (χ0) is 19.2. The molecule has 2 aromatic heterocycles. The van der Waals surface area contributed by atoms with Gasteiger partial charge >= 0.3 is 0 Å². The predicted octanol–water partition coefficient (Wildman–Crippen LogP) is 2.34. The molecule has 3 aromatic rings. The second kappa shape index (κ2) is 8.35. The van der Waals surface area contributed by atoms with Crippen molar-refractivity contribution < 1.29 is 9.59 Å². The standard InChI is InChI=1S/C20H21N5O2/c1-3-15-6-8-16(9-7-15)14(2)23-18(26)12-25-13-22-24-20(25)19(27)17-5-4-10-21-11-17/h4-11,13-14H,3,12H2,1-2H3,(H,23,26)/t14-/m1/s1. The lowest BCUT2D eigenvalue weighted by atomic mass is 10.1. The van der Waals surface area contributed by atoms with Crippen LogP contribution >= 0.6 is 0 Å². The minimum atomic E-state index is -0.323. The molecule has 1 amide bonds. The van der Waals surface area contributed by atoms with Gasteiger partial charge in [-0.1, -0.05) is 31.2 Å². The van der Waals surface area contributed by atoms with Crippen molar-refractivity contribution >= 4 is 11.7 Å². The number of aromatic nitrogens is 4. The lowest BCUT2D eigenvalue weighted by molar-refractivity contribution is -0.122. The van der Waals surface area contributed by atoms with Crippen LogP contribution < -0.4 is 5.32 Å². The van der Waals surface area contributed by atoms with E-state index in [1.807, 2.05) is 19.1 Å². The number of hydrogen-bond acceptors (Lipinski definition) is 5. The van der Waals surface area contributed by atoms with Crippen molar-refractivity contribution in [2.24, 2.45) is 0 Å². The van der Waals surface area contributed by atoms with Crippen molar-refractivity contribution in [3.8, 4) is 0 Å². The number of hydrogen-bond donors (Lipinski definition) is 1. The van der Waals surface area contributed by atoms with Crippen LogP contribution in [0.25, 0.3) is 0 Å². The van der Waals surface area contributed by atoms with E-state index in [9.17, 15) is 9.59 Å². The number of nitrogens with zero attached hydrogens (tertiary/aromatic N) is 4. The third-order valence-corrected chi connectivity index (χ3v) is 4.32. The summed E-state index contributed by atoms with van der Waals surface area (Å²) in [4.78, 5) is 28.9. The molecule has 0 aliphatic rings. The molecule has 0 saturated heterocycles. The molecule has 0 spiro atoms. The van der Waals surface area contributed by atoms with Gasteiger partial charge in [-0.2, -0.15) is 0 Å². The maximum Gasteiger partial charge on any atom is 0.240 e. The summed E-state index contributed by atoms with van der Waals surface area (Å²) in [6.45, 7) is 3.99. The summed E-state index contributed by atoms with van der Waals surface area (Å²) in [5.74, 6) is -0.434. The number of benzene rings is 1. The van der Waals surface area contributed by atoms with Gasteiger partial charge in [-0.25, -0.2) is 0 Å². The SMILES string of the molecule is CCc1ccc([C@@H](C)NC(=O)Cn2cnnc2C(=O)c2cccnc2)cc1. The topological polar surface area (TPSA) is 89.8 Å². The van der Waals surface area contributed by atoms with E-state index < -0.39 is 0 Å². The van der Waals surface area contributed by atoms with Crippen LogP contribution in [0.2, 0.25) is 0 Å². The van der Waals surface area contributed by atoms with Gasteiger partial charge in [0.1, 0.15) is 12.9 Å². The Morgan fingerprint density at radius 1 is 1.19 bits per heavy atom. The van der Waals surface area contributed by atoms with Gasteiger partial charge in [0.2, 0.25) is 17.5 Å². The molecule has 0 radical (unpaired) electrons. The highest BCUT2D eigenvalue weighted by molar-refractivity contribution is 6.06. The van der Waals surface area contributed by atoms with Gasteiger partial charge in [-0.15, -0.1) is 10.2 Å². The highest BCUT2D eigenvalue weighted by Crippen LogP contribution is 2.14. The van der Waals surface area contributed by atoms with Crippen molar-refractivity contribution in [1.82, 2.24) is 25.1 Å². The Labute approximate surface area is 157 Å². The average molecular weight is 363 g/mol. The molecule has 0 bridgehead atoms. The lowest BCUT2D eigenvalue weighted by Gasteiger charge is -2.15. The first-order valence-corrected chi connectivity index (χ1v) is 8.79. The maximum absolute atomic E-state index is 12.5. The third kappa shape index (κ3) is 4.44. The summed E-state index contributed by atoms with van der Waals surface area (Å²) in [7, 11) is 0. The fourth-order valence-corrected chi connectivity index (χ4v) is 2.74. The van der Waals surface area contributed by atoms with Crippen LogP contribution in [0.1, 0.15) is 47.2 Å². The first-order valence-electron chi connectivity index (χ1n) is 8.79. The van der Waals surface area contributed by atoms with E-state index >= 15 is 0 Å². The summed E-state index contributed by atoms with van der Waals surface area (Å²) in [6.07, 6.45) is 5.40. The quantitative estimate of drug-likeness (QED) is 0.651. The molecule has 27 heavy (non-hydrogen) atoms. The van der Waals surface area contributed by atoms with Gasteiger partial charge in [-0.05, 0) is 36.6 Å². The number of aryl methyl sites for hydroxylation is 1. The van der Waals surface area contributed by atoms with E-state index in [0.717, 1.165) is 12.0 Å². The zero-order valence-electron chi connectivity index (χ0n) is 15.3. The number of rotatable bonds is 7. The summed E-state index contributed by atoms with van der Waals surface area (Å²) in [6, 6.07) is 11.3. The molecular weight excluding hydrogens is 342 g/mol. The molecule has 2 heterocycles. The highest BCUT2D eigenvalue weighted by Gasteiger charge is 2.19. The number of carbonyl (C=O) groups excluding carboxylic acids is 2. The van der Waals surface area contributed by atoms with Crippen LogP contribution in [0.3, 0.4) is 0 Å². The van der Waals surface area contributed by atoms with E-state index in [2.05, 4.69) is 39.6 Å². The summed E-state index contributed by atoms with van der Waals surface area (Å²) in [5, 5.41) is 10.6. The second-order valence-electron chi connectivity index (χ2n) is 6.24. The molecule has 1 atom stereocenters. The largest absolute Gasteiger partial charge is 0.348 e. The number of pyridine rings is 1. The first-order chi connectivity index (χ1) is 13.1. The Morgan fingerprint density at radius 3 is 2.63 bits per heavy atom. The predicted molar refractivity (Wildman–Crippen MR) is 100 cm³/mol. The molecule has 1 aromatic carbocycles. The molecule has 0 unspecified atom stereocenters. The molecule has 0 saturated carbocycles. The highest BCUT2D eigenvalue weighted by atomic mass is 16.2. The fraction of sp³-hybridized carbons (Fsp3) is 0.250. The van der Waals surface area contributed by atoms with E-state index in [1.165, 1.54) is 22.7 Å². The average Bonchev–Trinajstić information content (AvgIpc) is 3.16. The first kappa shape index (κ1) is 18.4. The van der Waals surface area contributed by atoms with Gasteiger partial charge < -0.3 is 9.88 Å². The van der Waals surface area contributed by atoms with Crippen molar-refractivity contribution in [3.05, 3.63) is 77.6 Å². The minimum Gasteiger partial charge on any atom is -0.348 e. The number of ketones is 1. The van der Waals surface area contributed by atoms with Crippen LogP contribution in [0, 0.1) is 0 Å². The van der Waals surface area contributed by atoms with Crippen molar-refractivity contribution in [3.63, 3.8) is 0 Å². The van der Waals surface area contributed by atoms with Crippen molar-refractivity contribution in [2.45, 2.75) is 32.9 Å². The minimum absolute atomic E-state index is 0.0360. The molecule has 3 rings (SSSR count). The van der Waals surface area contributed by atoms with Crippen LogP contribution in [0.4, 0.5) is 0 Å². The van der Waals surface area contributed by atoms with Gasteiger partial charge in [-0.3, -0.25) is 14.6 Å². The van der Waals surface area contributed by atoms with Gasteiger partial charge in [0.05, 0.1) is 6.04 Å². The Bertz CT molecular complexity index is 919. The molecule has 7 heteroatoms. The number of amides is 1. The Morgan fingerprint density at radius 2 is 1.96 bits per heavy atom. The molecule has 0 fully saturated rings. The summed E-state index contributed by atoms with van der Waals surface area (Å²) < 4.78 is 1.44. The van der Waals surface area contributed by atoms with Crippen molar-refractivity contribution in [1.29, 1.82) is 0 Å². The van der Waals surface area contributed by atoms with Crippen LogP contribution in [-0.2, 0) is 17.8 Å². The van der Waals surface area contributed by atoms with Gasteiger partial charge in [0.15, 0.2) is 0 Å². The lowest BCUT2D eigenvalue weighted by Crippen LogP contribution is -2.31. The van der Waals surface area contributed by atoms with Crippen LogP contribution in [0.15, 0.2) is 55.1 Å². The molecule has 138 valence electrons. The van der Waals surface area contributed by atoms with Gasteiger partial charge in [0, 0.05) is 18.0 Å². The monoisotopic (exact) mass is 363 g/mol. The fourth-order valence-electron chi connectivity index (χ4n) is 2.74. The van der Waals surface area contributed by atoms with Gasteiger partial charge in [0.25, 0.3) is 0 Å². The molecular formula is C20H21N5O2. The molecule has 0 aliphatic heterocycles. The second-order valence-corrected chi connectivity index (χ2v) is 6.24. The van der Waals surface area contributed by atoms with E-state index in [1.54, 1.807) is 18.3 Å².